The van der Waals surface area contributed by atoms with Gasteiger partial charge in [-0.1, -0.05) is 26.0 Å². The molecular formula is C26H25FN4O4S. The van der Waals surface area contributed by atoms with Crippen molar-refractivity contribution in [3.05, 3.63) is 92.9 Å². The van der Waals surface area contributed by atoms with Crippen LogP contribution in [0.1, 0.15) is 49.6 Å². The lowest BCUT2D eigenvalue weighted by atomic mass is 9.68. The molecule has 1 aromatic heterocycles. The summed E-state index contributed by atoms with van der Waals surface area (Å²) >= 11 is 0. The number of benzene rings is 2. The van der Waals surface area contributed by atoms with Gasteiger partial charge < -0.3 is 4.98 Å². The molecule has 1 atom stereocenters. The summed E-state index contributed by atoms with van der Waals surface area (Å²) in [5, 5.41) is 5.27. The van der Waals surface area contributed by atoms with Gasteiger partial charge in [-0.05, 0) is 60.7 Å². The first-order valence-electron chi connectivity index (χ1n) is 11.4. The maximum Gasteiger partial charge on any atom is 0.257 e. The summed E-state index contributed by atoms with van der Waals surface area (Å²) in [4.78, 5) is 36.2. The van der Waals surface area contributed by atoms with E-state index in [0.29, 0.717) is 40.6 Å². The second-order valence-corrected chi connectivity index (χ2v) is 11.6. The van der Waals surface area contributed by atoms with E-state index in [0.717, 1.165) is 0 Å². The number of anilines is 2. The number of carbonyl (C=O) groups is 1. The van der Waals surface area contributed by atoms with Crippen molar-refractivity contribution in [1.29, 1.82) is 0 Å². The summed E-state index contributed by atoms with van der Waals surface area (Å²) in [5.74, 6) is -0.526. The molecular weight excluding hydrogens is 483 g/mol. The van der Waals surface area contributed by atoms with Crippen LogP contribution in [0.2, 0.25) is 0 Å². The van der Waals surface area contributed by atoms with Crippen molar-refractivity contribution in [1.82, 2.24) is 9.97 Å². The number of aromatic nitrogens is 2. The minimum absolute atomic E-state index is 0.0584. The third-order valence-electron chi connectivity index (χ3n) is 6.64. The van der Waals surface area contributed by atoms with Crippen LogP contribution in [0.25, 0.3) is 0 Å². The molecule has 36 heavy (non-hydrogen) atoms. The Morgan fingerprint density at radius 3 is 2.31 bits per heavy atom. The van der Waals surface area contributed by atoms with E-state index in [2.05, 4.69) is 9.97 Å². The molecule has 3 N–H and O–H groups in total. The van der Waals surface area contributed by atoms with Crippen molar-refractivity contribution in [2.75, 3.05) is 4.90 Å². The van der Waals surface area contributed by atoms with Gasteiger partial charge >= 0.3 is 0 Å². The fraction of sp³-hybridized carbons (Fsp3) is 0.269. The van der Waals surface area contributed by atoms with Crippen LogP contribution in [0.5, 0.6) is 0 Å². The summed E-state index contributed by atoms with van der Waals surface area (Å²) in [6.45, 7) is 5.66. The molecule has 5 rings (SSSR count). The van der Waals surface area contributed by atoms with Gasteiger partial charge in [0.25, 0.3) is 5.56 Å². The van der Waals surface area contributed by atoms with Crippen LogP contribution >= 0.6 is 0 Å². The van der Waals surface area contributed by atoms with E-state index in [9.17, 15) is 22.4 Å². The van der Waals surface area contributed by atoms with Crippen LogP contribution in [0, 0.1) is 18.2 Å². The fourth-order valence-electron chi connectivity index (χ4n) is 5.16. The number of carbonyl (C=O) groups excluding carboxylic acids is 1. The number of nitrogens with zero attached hydrogens (tertiary/aromatic N) is 2. The molecule has 2 aliphatic rings. The lowest BCUT2D eigenvalue weighted by Crippen LogP contribution is -2.41. The Morgan fingerprint density at radius 1 is 1.06 bits per heavy atom. The summed E-state index contributed by atoms with van der Waals surface area (Å²) in [7, 11) is -3.91. The van der Waals surface area contributed by atoms with Crippen molar-refractivity contribution in [3.63, 3.8) is 0 Å². The number of hydrogen-bond acceptors (Lipinski definition) is 6. The van der Waals surface area contributed by atoms with Gasteiger partial charge in [0.05, 0.1) is 10.5 Å². The quantitative estimate of drug-likeness (QED) is 0.554. The molecule has 8 nitrogen and oxygen atoms in total. The molecule has 0 saturated carbocycles. The van der Waals surface area contributed by atoms with Crippen LogP contribution in [0.4, 0.5) is 15.9 Å². The second-order valence-electron chi connectivity index (χ2n) is 10.0. The number of allylic oxidation sites excluding steroid dienone is 2. The fourth-order valence-corrected chi connectivity index (χ4v) is 5.68. The molecule has 0 bridgehead atoms. The second kappa shape index (κ2) is 8.21. The first kappa shape index (κ1) is 24.1. The third-order valence-corrected chi connectivity index (χ3v) is 7.57. The number of H-pyrrole nitrogens is 1. The first-order valence-corrected chi connectivity index (χ1v) is 13.0. The van der Waals surface area contributed by atoms with Gasteiger partial charge in [-0.25, -0.2) is 22.9 Å². The van der Waals surface area contributed by atoms with E-state index in [-0.39, 0.29) is 28.1 Å². The summed E-state index contributed by atoms with van der Waals surface area (Å²) < 4.78 is 37.4. The number of halogens is 1. The Balaban J connectivity index is 1.84. The largest absolute Gasteiger partial charge is 0.310 e. The maximum absolute atomic E-state index is 13.8. The Kier molecular flexibility index (Phi) is 5.49. The zero-order valence-electron chi connectivity index (χ0n) is 20.0. The van der Waals surface area contributed by atoms with E-state index in [4.69, 9.17) is 5.14 Å². The van der Waals surface area contributed by atoms with Crippen LogP contribution in [0.3, 0.4) is 0 Å². The minimum Gasteiger partial charge on any atom is -0.310 e. The van der Waals surface area contributed by atoms with Crippen molar-refractivity contribution in [2.24, 2.45) is 10.6 Å². The van der Waals surface area contributed by atoms with E-state index in [1.54, 1.807) is 36.1 Å². The summed E-state index contributed by atoms with van der Waals surface area (Å²) in [5.41, 5.74) is 1.79. The van der Waals surface area contributed by atoms with Crippen LogP contribution in [-0.2, 0) is 14.8 Å². The molecule has 10 heteroatoms. The van der Waals surface area contributed by atoms with E-state index < -0.39 is 27.3 Å². The highest BCUT2D eigenvalue weighted by Gasteiger charge is 2.45. The van der Waals surface area contributed by atoms with Gasteiger partial charge in [-0.3, -0.25) is 14.5 Å². The monoisotopic (exact) mass is 508 g/mol. The maximum atomic E-state index is 13.8. The minimum atomic E-state index is -3.91. The SMILES string of the molecule is Cc1nc2c(c(=O)[nH]1)C(c1ccc(F)cc1)C1=C(CC(C)(C)CC1=O)N2c1ccc(S(N)(=O)=O)cc1. The lowest BCUT2D eigenvalue weighted by molar-refractivity contribution is -0.118. The van der Waals surface area contributed by atoms with Crippen molar-refractivity contribution in [2.45, 2.75) is 44.4 Å². The molecule has 0 radical (unpaired) electrons. The Bertz CT molecular complexity index is 1590. The number of aromatic amines is 1. The molecule has 1 aliphatic carbocycles. The van der Waals surface area contributed by atoms with Gasteiger partial charge in [-0.15, -0.1) is 0 Å². The highest BCUT2D eigenvalue weighted by atomic mass is 32.2. The molecule has 3 aromatic rings. The van der Waals surface area contributed by atoms with Gasteiger partial charge in [-0.2, -0.15) is 0 Å². The van der Waals surface area contributed by atoms with Crippen LogP contribution in [0.15, 0.2) is 69.5 Å². The van der Waals surface area contributed by atoms with E-state index in [1.165, 1.54) is 24.3 Å². The predicted octanol–water partition coefficient (Wildman–Crippen LogP) is 3.79. The first-order chi connectivity index (χ1) is 16.9. The molecule has 186 valence electrons. The molecule has 2 aromatic carbocycles. The Labute approximate surface area is 207 Å². The summed E-state index contributed by atoms with van der Waals surface area (Å²) in [6.07, 6.45) is 0.796. The number of fused-ring (bicyclic) bond motifs is 1. The number of nitrogens with two attached hydrogens (primary N) is 1. The molecule has 0 spiro atoms. The average Bonchev–Trinajstić information content (AvgIpc) is 2.77. The Morgan fingerprint density at radius 2 is 1.69 bits per heavy atom. The van der Waals surface area contributed by atoms with Gasteiger partial charge in [0.15, 0.2) is 5.78 Å². The molecule has 0 fully saturated rings. The number of Topliss-reactive ketones (excluding diaryl/α,β-unsaturated/α-hetero) is 1. The number of ketones is 1. The van der Waals surface area contributed by atoms with E-state index >= 15 is 0 Å². The zero-order valence-corrected chi connectivity index (χ0v) is 20.8. The Hall–Kier alpha value is -3.63. The number of hydrogen-bond donors (Lipinski definition) is 2. The standard InChI is InChI=1S/C26H25FN4O4S/c1-14-29-24-23(25(33)30-14)21(15-4-6-16(27)7-5-15)22-19(12-26(2,3)13-20(22)32)31(24)17-8-10-18(11-9-17)36(28,34)35/h4-11,21H,12-13H2,1-3H3,(H2,28,34,35)(H,29,30,33). The van der Waals surface area contributed by atoms with Gasteiger partial charge in [0.2, 0.25) is 10.0 Å². The number of aryl methyl sites for hydroxylation is 1. The predicted molar refractivity (Wildman–Crippen MR) is 133 cm³/mol. The molecule has 0 saturated heterocycles. The highest BCUT2D eigenvalue weighted by Crippen LogP contribution is 2.52. The topological polar surface area (TPSA) is 126 Å². The van der Waals surface area contributed by atoms with Crippen molar-refractivity contribution in [3.8, 4) is 0 Å². The van der Waals surface area contributed by atoms with Gasteiger partial charge in [0.1, 0.15) is 17.5 Å². The normalized spacial score (nSPS) is 19.2. The van der Waals surface area contributed by atoms with Gasteiger partial charge in [0, 0.05) is 29.3 Å². The number of rotatable bonds is 3. The van der Waals surface area contributed by atoms with Crippen LogP contribution < -0.4 is 15.6 Å². The highest BCUT2D eigenvalue weighted by molar-refractivity contribution is 7.89. The molecule has 0 amide bonds. The average molecular weight is 509 g/mol. The van der Waals surface area contributed by atoms with Crippen LogP contribution in [-0.4, -0.2) is 24.2 Å². The molecule has 1 unspecified atom stereocenters. The van der Waals surface area contributed by atoms with Crippen molar-refractivity contribution < 1.29 is 17.6 Å². The zero-order chi connectivity index (χ0) is 26.0. The lowest BCUT2D eigenvalue weighted by Gasteiger charge is -2.43. The van der Waals surface area contributed by atoms with Crippen molar-refractivity contribution >= 4 is 27.3 Å². The van der Waals surface area contributed by atoms with E-state index in [1.807, 2.05) is 13.8 Å². The smallest absolute Gasteiger partial charge is 0.257 e. The summed E-state index contributed by atoms with van der Waals surface area (Å²) in [6, 6.07) is 11.7. The number of nitrogens with one attached hydrogen (secondary N) is 1. The number of primary sulfonamides is 1. The number of sulfonamides is 1. The molecule has 2 heterocycles. The molecule has 1 aliphatic heterocycles. The third kappa shape index (κ3) is 4.06.